The summed E-state index contributed by atoms with van der Waals surface area (Å²) in [6, 6.07) is 8.72. The lowest BCUT2D eigenvalue weighted by Gasteiger charge is -2.29. The van der Waals surface area contributed by atoms with Gasteiger partial charge in [-0.2, -0.15) is 13.0 Å². The van der Waals surface area contributed by atoms with Crippen LogP contribution in [0.25, 0.3) is 0 Å². The topological polar surface area (TPSA) is 155 Å². The lowest BCUT2D eigenvalue weighted by Crippen LogP contribution is -2.28. The van der Waals surface area contributed by atoms with Crippen LogP contribution >= 0.6 is 45.2 Å². The molecule has 2 aliphatic rings. The van der Waals surface area contributed by atoms with Crippen molar-refractivity contribution in [3.8, 4) is 0 Å². The van der Waals surface area contributed by atoms with Gasteiger partial charge in [0.25, 0.3) is 10.1 Å². The molecule has 2 aromatic rings. The van der Waals surface area contributed by atoms with Crippen LogP contribution in [0.5, 0.6) is 0 Å². The summed E-state index contributed by atoms with van der Waals surface area (Å²) in [4.78, 5) is 13.0. The predicted octanol–water partition coefficient (Wildman–Crippen LogP) is 7.84. The second kappa shape index (κ2) is 16.7. The number of halogens is 2. The minimum Gasteiger partial charge on any atom is -0.744 e. The first-order valence-electron chi connectivity index (χ1n) is 16.6. The molecule has 4 rings (SSSR count). The van der Waals surface area contributed by atoms with Gasteiger partial charge in [0, 0.05) is 67.1 Å². The smallest absolute Gasteiger partial charge is 0.303 e. The SMILES string of the molecule is CN1\C(=C/C=C/C=C/C=C/C2=[N+](CCCCS(=O)(=O)O)c3ccc(S(=O)(=O)[O-])cc3C2(C)C)C(C)(CCCCCC(=O)O)c2c(I)cc(I)cc21. The van der Waals surface area contributed by atoms with E-state index in [-0.39, 0.29) is 28.9 Å². The summed E-state index contributed by atoms with van der Waals surface area (Å²) in [6.07, 6.45) is 17.9. The number of hydrogen-bond donors (Lipinski definition) is 2. The molecule has 10 nitrogen and oxygen atoms in total. The highest BCUT2D eigenvalue weighted by atomic mass is 127. The average Bonchev–Trinajstić information content (AvgIpc) is 3.36. The van der Waals surface area contributed by atoms with Gasteiger partial charge in [0.15, 0.2) is 5.71 Å². The quantitative estimate of drug-likeness (QED) is 0.0563. The van der Waals surface area contributed by atoms with E-state index in [1.807, 2.05) is 54.9 Å². The van der Waals surface area contributed by atoms with E-state index in [1.54, 1.807) is 6.07 Å². The van der Waals surface area contributed by atoms with E-state index < -0.39 is 31.6 Å². The molecule has 276 valence electrons. The number of allylic oxidation sites excluding steroid dienone is 8. The molecule has 0 bridgehead atoms. The van der Waals surface area contributed by atoms with Gasteiger partial charge in [-0.3, -0.25) is 9.35 Å². The highest BCUT2D eigenvalue weighted by Crippen LogP contribution is 2.52. The fraction of sp³-hybridized carbons (Fsp3) is 0.405. The largest absolute Gasteiger partial charge is 0.744 e. The van der Waals surface area contributed by atoms with Gasteiger partial charge in [0.1, 0.15) is 16.7 Å². The summed E-state index contributed by atoms with van der Waals surface area (Å²) >= 11 is 4.76. The summed E-state index contributed by atoms with van der Waals surface area (Å²) in [5.41, 5.74) is 5.03. The average molecular weight is 963 g/mol. The second-order valence-electron chi connectivity index (χ2n) is 13.6. The van der Waals surface area contributed by atoms with Crippen molar-refractivity contribution in [2.45, 2.75) is 81.4 Å². The Morgan fingerprint density at radius 3 is 2.29 bits per heavy atom. The minimum atomic E-state index is -4.66. The molecule has 2 heterocycles. The molecule has 1 atom stereocenters. The first-order chi connectivity index (χ1) is 23.8. The third-order valence-corrected chi connectivity index (χ3v) is 12.7. The molecule has 0 amide bonds. The summed E-state index contributed by atoms with van der Waals surface area (Å²) in [5.74, 6) is -1.12. The summed E-state index contributed by atoms with van der Waals surface area (Å²) in [7, 11) is -6.66. The number of anilines is 1. The number of benzene rings is 2. The Kier molecular flexibility index (Phi) is 13.6. The van der Waals surface area contributed by atoms with Crippen LogP contribution in [-0.4, -0.2) is 66.6 Å². The molecule has 14 heteroatoms. The number of carboxylic acid groups (broad SMARTS) is 1. The van der Waals surface area contributed by atoms with Crippen LogP contribution in [0.1, 0.15) is 76.8 Å². The zero-order chi connectivity index (χ0) is 37.8. The van der Waals surface area contributed by atoms with Crippen LogP contribution in [-0.2, 0) is 35.9 Å². The molecule has 2 N–H and O–H groups in total. The Morgan fingerprint density at radius 1 is 0.941 bits per heavy atom. The molecule has 0 aromatic heterocycles. The fourth-order valence-electron chi connectivity index (χ4n) is 7.07. The molecule has 0 fully saturated rings. The van der Waals surface area contributed by atoms with Crippen molar-refractivity contribution >= 4 is 88.5 Å². The maximum absolute atomic E-state index is 11.8. The molecule has 1 unspecified atom stereocenters. The summed E-state index contributed by atoms with van der Waals surface area (Å²) < 4.78 is 71.5. The zero-order valence-electron chi connectivity index (χ0n) is 29.1. The highest BCUT2D eigenvalue weighted by Gasteiger charge is 2.45. The molecule has 0 spiro atoms. The van der Waals surface area contributed by atoms with Crippen LogP contribution in [0.15, 0.2) is 83.5 Å². The third kappa shape index (κ3) is 9.99. The van der Waals surface area contributed by atoms with Crippen LogP contribution in [0.2, 0.25) is 0 Å². The van der Waals surface area contributed by atoms with Crippen molar-refractivity contribution in [3.63, 3.8) is 0 Å². The lowest BCUT2D eigenvalue weighted by atomic mass is 9.77. The van der Waals surface area contributed by atoms with Crippen LogP contribution in [0.4, 0.5) is 11.4 Å². The second-order valence-corrected chi connectivity index (χ2v) is 19.0. The predicted molar refractivity (Wildman–Crippen MR) is 217 cm³/mol. The molecule has 0 saturated heterocycles. The number of aliphatic carboxylic acids is 1. The number of rotatable bonds is 16. The normalized spacial score (nSPS) is 19.7. The van der Waals surface area contributed by atoms with E-state index in [0.717, 1.165) is 34.2 Å². The van der Waals surface area contributed by atoms with Crippen LogP contribution in [0, 0.1) is 7.14 Å². The first-order valence-corrected chi connectivity index (χ1v) is 21.8. The minimum absolute atomic E-state index is 0.181. The van der Waals surface area contributed by atoms with E-state index in [0.29, 0.717) is 24.9 Å². The fourth-order valence-corrected chi connectivity index (χ4v) is 10.5. The van der Waals surface area contributed by atoms with Gasteiger partial charge in [0.05, 0.1) is 16.1 Å². The Labute approximate surface area is 328 Å². The molecule has 2 aliphatic heterocycles. The first kappa shape index (κ1) is 41.4. The number of carboxylic acids is 1. The van der Waals surface area contributed by atoms with Crippen molar-refractivity contribution in [1.29, 1.82) is 0 Å². The van der Waals surface area contributed by atoms with Gasteiger partial charge in [0.2, 0.25) is 5.69 Å². The maximum Gasteiger partial charge on any atom is 0.303 e. The standard InChI is InChI=1S/C37H44I2N2O8S2/c1-36(2)28-25-27(51(47,48)49)18-19-30(28)41(21-13-14-22-50(44,45)46)32(36)15-9-6-5-7-10-16-33-37(3,20-12-8-11-17-34(42)43)35-29(39)23-26(38)24-31(35)40(33)4/h5-7,9-10,15-16,18-19,23-25H,8,11-14,17,20-22H2,1-4H3,(H2-,42,43,44,45,46,47,48,49). The number of fused-ring (bicyclic) bond motifs is 2. The molecule has 0 radical (unpaired) electrons. The maximum atomic E-state index is 11.8. The Bertz CT molecular complexity index is 2050. The number of carbonyl (C=O) groups is 1. The lowest BCUT2D eigenvalue weighted by molar-refractivity contribution is -0.438. The van der Waals surface area contributed by atoms with Crippen LogP contribution in [0.3, 0.4) is 0 Å². The third-order valence-electron chi connectivity index (χ3n) is 9.58. The van der Waals surface area contributed by atoms with Crippen LogP contribution < -0.4 is 4.90 Å². The highest BCUT2D eigenvalue weighted by molar-refractivity contribution is 14.1. The number of hydrogen-bond acceptors (Lipinski definition) is 7. The van der Waals surface area contributed by atoms with Gasteiger partial charge >= 0.3 is 5.97 Å². The van der Waals surface area contributed by atoms with Crippen molar-refractivity contribution in [2.24, 2.45) is 0 Å². The molecule has 0 saturated carbocycles. The summed E-state index contributed by atoms with van der Waals surface area (Å²) in [6.45, 7) is 6.59. The van der Waals surface area contributed by atoms with Gasteiger partial charge in [-0.05, 0) is 116 Å². The van der Waals surface area contributed by atoms with Crippen molar-refractivity contribution in [3.05, 3.63) is 96.8 Å². The van der Waals surface area contributed by atoms with E-state index in [2.05, 4.69) is 82.3 Å². The number of nitrogens with zero attached hydrogens (tertiary/aromatic N) is 2. The Hall–Kier alpha value is -2.38. The Balaban J connectivity index is 1.57. The number of unbranched alkanes of at least 4 members (excludes halogenated alkanes) is 3. The van der Waals surface area contributed by atoms with Gasteiger partial charge in [-0.1, -0.05) is 43.2 Å². The number of likely N-dealkylation sites (N-methyl/N-ethyl adjacent to an activating group) is 1. The molecule has 2 aromatic carbocycles. The van der Waals surface area contributed by atoms with Crippen molar-refractivity contribution < 1.29 is 40.4 Å². The molecule has 51 heavy (non-hydrogen) atoms. The van der Waals surface area contributed by atoms with E-state index >= 15 is 0 Å². The summed E-state index contributed by atoms with van der Waals surface area (Å²) in [5, 5.41) is 9.05. The molecule has 0 aliphatic carbocycles. The van der Waals surface area contributed by atoms with E-state index in [9.17, 15) is 26.2 Å². The zero-order valence-corrected chi connectivity index (χ0v) is 35.1. The molecular formula is C37H44I2N2O8S2. The van der Waals surface area contributed by atoms with E-state index in [4.69, 9.17) is 9.66 Å². The Morgan fingerprint density at radius 2 is 1.63 bits per heavy atom. The van der Waals surface area contributed by atoms with Crippen molar-refractivity contribution in [2.75, 3.05) is 24.2 Å². The van der Waals surface area contributed by atoms with E-state index in [1.165, 1.54) is 32.7 Å². The van der Waals surface area contributed by atoms with Gasteiger partial charge in [-0.25, -0.2) is 8.42 Å². The van der Waals surface area contributed by atoms with Gasteiger partial charge < -0.3 is 14.6 Å². The monoisotopic (exact) mass is 962 g/mol. The van der Waals surface area contributed by atoms with Crippen molar-refractivity contribution in [1.82, 2.24) is 0 Å². The van der Waals surface area contributed by atoms with Gasteiger partial charge in [-0.15, -0.1) is 0 Å². The molecular weight excluding hydrogens is 918 g/mol.